The summed E-state index contributed by atoms with van der Waals surface area (Å²) in [4.78, 5) is 28.9. The first kappa shape index (κ1) is 25.9. The van der Waals surface area contributed by atoms with Gasteiger partial charge >= 0.3 is 0 Å². The normalized spacial score (nSPS) is 14.2. The summed E-state index contributed by atoms with van der Waals surface area (Å²) in [5.74, 6) is 0.888. The number of hydrogen-bond donors (Lipinski definition) is 1. The number of nitrogens with one attached hydrogen (secondary N) is 1. The molecule has 0 radical (unpaired) electrons. The van der Waals surface area contributed by atoms with E-state index in [1.165, 1.54) is 0 Å². The monoisotopic (exact) mass is 453 g/mol. The first-order valence-electron chi connectivity index (χ1n) is 9.56. The van der Waals surface area contributed by atoms with Crippen molar-refractivity contribution >= 4 is 36.5 Å². The standard InChI is InChI=1S/C22H27N3O3.2ClH/c1-28-20-9-7-19(8-10-20)21(26)16-24-11-13-25(14-12-24)17-22(27)23-15-18-5-3-2-4-6-18;;/h2-10H,11-17H2,1H3,(H,23,27);2*1H. The topological polar surface area (TPSA) is 61.9 Å². The Kier molecular flexibility index (Phi) is 11.4. The lowest BCUT2D eigenvalue weighted by molar-refractivity contribution is -0.122. The molecule has 30 heavy (non-hydrogen) atoms. The minimum Gasteiger partial charge on any atom is -0.497 e. The number of ketones is 1. The van der Waals surface area contributed by atoms with Gasteiger partial charge in [-0.2, -0.15) is 0 Å². The number of benzene rings is 2. The molecule has 1 saturated heterocycles. The highest BCUT2D eigenvalue weighted by atomic mass is 35.5. The largest absolute Gasteiger partial charge is 0.497 e. The van der Waals surface area contributed by atoms with E-state index in [-0.39, 0.29) is 36.5 Å². The fraction of sp³-hybridized carbons (Fsp3) is 0.364. The maximum Gasteiger partial charge on any atom is 0.234 e. The van der Waals surface area contributed by atoms with Crippen LogP contribution in [-0.2, 0) is 11.3 Å². The first-order valence-corrected chi connectivity index (χ1v) is 9.56. The molecule has 1 N–H and O–H groups in total. The van der Waals surface area contributed by atoms with Crippen molar-refractivity contribution in [2.45, 2.75) is 6.54 Å². The van der Waals surface area contributed by atoms with Crippen molar-refractivity contribution in [2.24, 2.45) is 0 Å². The molecule has 1 amide bonds. The van der Waals surface area contributed by atoms with Gasteiger partial charge in [0, 0.05) is 38.3 Å². The second kappa shape index (κ2) is 13.2. The molecule has 0 aromatic heterocycles. The Labute approximate surface area is 190 Å². The van der Waals surface area contributed by atoms with Gasteiger partial charge in [0.15, 0.2) is 5.78 Å². The molecule has 6 nitrogen and oxygen atoms in total. The summed E-state index contributed by atoms with van der Waals surface area (Å²) in [6.45, 7) is 4.49. The number of piperazine rings is 1. The third-order valence-electron chi connectivity index (χ3n) is 4.94. The molecule has 1 fully saturated rings. The summed E-state index contributed by atoms with van der Waals surface area (Å²) >= 11 is 0. The molecule has 0 unspecified atom stereocenters. The number of methoxy groups -OCH3 is 1. The van der Waals surface area contributed by atoms with Crippen LogP contribution in [0, 0.1) is 0 Å². The minimum absolute atomic E-state index is 0. The Balaban J connectivity index is 0.00000225. The molecular weight excluding hydrogens is 425 g/mol. The first-order chi connectivity index (χ1) is 13.6. The van der Waals surface area contributed by atoms with Crippen molar-refractivity contribution in [3.05, 3.63) is 65.7 Å². The molecule has 0 saturated carbocycles. The van der Waals surface area contributed by atoms with E-state index in [4.69, 9.17) is 4.74 Å². The van der Waals surface area contributed by atoms with Crippen LogP contribution in [-0.4, -0.2) is 67.9 Å². The lowest BCUT2D eigenvalue weighted by Crippen LogP contribution is -2.50. The molecule has 164 valence electrons. The Morgan fingerprint density at radius 2 is 1.43 bits per heavy atom. The van der Waals surface area contributed by atoms with Crippen molar-refractivity contribution in [3.8, 4) is 5.75 Å². The molecule has 1 aliphatic heterocycles. The van der Waals surface area contributed by atoms with Crippen molar-refractivity contribution in [2.75, 3.05) is 46.4 Å². The molecule has 2 aromatic carbocycles. The van der Waals surface area contributed by atoms with Gasteiger partial charge in [0.05, 0.1) is 20.2 Å². The van der Waals surface area contributed by atoms with E-state index in [0.29, 0.717) is 25.2 Å². The highest BCUT2D eigenvalue weighted by Crippen LogP contribution is 2.12. The second-order valence-electron chi connectivity index (χ2n) is 6.97. The maximum atomic E-state index is 12.4. The number of rotatable bonds is 8. The van der Waals surface area contributed by atoms with Crippen LogP contribution in [0.2, 0.25) is 0 Å². The molecule has 1 heterocycles. The van der Waals surface area contributed by atoms with Gasteiger partial charge in [-0.25, -0.2) is 0 Å². The van der Waals surface area contributed by atoms with Crippen LogP contribution in [0.5, 0.6) is 5.75 Å². The minimum atomic E-state index is 0. The van der Waals surface area contributed by atoms with Crippen LogP contribution in [0.15, 0.2) is 54.6 Å². The number of halogens is 2. The summed E-state index contributed by atoms with van der Waals surface area (Å²) in [6.07, 6.45) is 0. The van der Waals surface area contributed by atoms with Crippen LogP contribution in [0.1, 0.15) is 15.9 Å². The number of Topliss-reactive ketones (excluding diaryl/α,β-unsaturated/α-hetero) is 1. The molecule has 8 heteroatoms. The summed E-state index contributed by atoms with van der Waals surface area (Å²) in [6, 6.07) is 17.1. The van der Waals surface area contributed by atoms with Gasteiger partial charge in [0.2, 0.25) is 5.91 Å². The van der Waals surface area contributed by atoms with Crippen molar-refractivity contribution < 1.29 is 14.3 Å². The number of carbonyl (C=O) groups is 2. The lowest BCUT2D eigenvalue weighted by Gasteiger charge is -2.33. The van der Waals surface area contributed by atoms with E-state index in [9.17, 15) is 9.59 Å². The van der Waals surface area contributed by atoms with Crippen molar-refractivity contribution in [3.63, 3.8) is 0 Å². The van der Waals surface area contributed by atoms with Gasteiger partial charge < -0.3 is 10.1 Å². The third-order valence-corrected chi connectivity index (χ3v) is 4.94. The Morgan fingerprint density at radius 3 is 2.00 bits per heavy atom. The van der Waals surface area contributed by atoms with Gasteiger partial charge in [0.25, 0.3) is 0 Å². The highest BCUT2D eigenvalue weighted by Gasteiger charge is 2.21. The zero-order valence-corrected chi connectivity index (χ0v) is 18.7. The predicted octanol–water partition coefficient (Wildman–Crippen LogP) is 2.66. The van der Waals surface area contributed by atoms with E-state index in [1.807, 2.05) is 30.3 Å². The van der Waals surface area contributed by atoms with Crippen molar-refractivity contribution in [1.29, 1.82) is 0 Å². The van der Waals surface area contributed by atoms with Crippen LogP contribution in [0.25, 0.3) is 0 Å². The van der Waals surface area contributed by atoms with Gasteiger partial charge in [0.1, 0.15) is 5.75 Å². The van der Waals surface area contributed by atoms with Crippen molar-refractivity contribution in [1.82, 2.24) is 15.1 Å². The van der Waals surface area contributed by atoms with Gasteiger partial charge in [-0.05, 0) is 29.8 Å². The summed E-state index contributed by atoms with van der Waals surface area (Å²) in [5.41, 5.74) is 1.79. The molecule has 0 aliphatic carbocycles. The predicted molar refractivity (Wildman–Crippen MR) is 123 cm³/mol. The zero-order valence-electron chi connectivity index (χ0n) is 17.1. The van der Waals surface area contributed by atoms with Crippen LogP contribution in [0.3, 0.4) is 0 Å². The number of nitrogens with zero attached hydrogens (tertiary/aromatic N) is 2. The number of amides is 1. The summed E-state index contributed by atoms with van der Waals surface area (Å²) in [5, 5.41) is 2.96. The molecule has 0 spiro atoms. The van der Waals surface area contributed by atoms with E-state index in [0.717, 1.165) is 37.5 Å². The lowest BCUT2D eigenvalue weighted by atomic mass is 10.1. The average Bonchev–Trinajstić information content (AvgIpc) is 2.74. The Bertz CT molecular complexity index is 780. The van der Waals surface area contributed by atoms with Gasteiger partial charge in [-0.1, -0.05) is 30.3 Å². The van der Waals surface area contributed by atoms with Crippen LogP contribution >= 0.6 is 24.8 Å². The smallest absolute Gasteiger partial charge is 0.234 e. The molecule has 0 bridgehead atoms. The molecular formula is C22H29Cl2N3O3. The highest BCUT2D eigenvalue weighted by molar-refractivity contribution is 5.97. The molecule has 3 rings (SSSR count). The number of carbonyl (C=O) groups excluding carboxylic acids is 2. The van der Waals surface area contributed by atoms with E-state index >= 15 is 0 Å². The third kappa shape index (κ3) is 7.95. The summed E-state index contributed by atoms with van der Waals surface area (Å²) in [7, 11) is 1.61. The second-order valence-corrected chi connectivity index (χ2v) is 6.97. The zero-order chi connectivity index (χ0) is 19.8. The molecule has 0 atom stereocenters. The number of hydrogen-bond acceptors (Lipinski definition) is 5. The SMILES string of the molecule is COc1ccc(C(=O)CN2CCN(CC(=O)NCc3ccccc3)CC2)cc1.Cl.Cl. The average molecular weight is 454 g/mol. The Hall–Kier alpha value is -2.12. The number of ether oxygens (including phenoxy) is 1. The fourth-order valence-corrected chi connectivity index (χ4v) is 3.23. The molecule has 2 aromatic rings. The maximum absolute atomic E-state index is 12.4. The molecule has 1 aliphatic rings. The van der Waals surface area contributed by atoms with E-state index < -0.39 is 0 Å². The van der Waals surface area contributed by atoms with E-state index in [2.05, 4.69) is 15.1 Å². The Morgan fingerprint density at radius 1 is 0.867 bits per heavy atom. The van der Waals surface area contributed by atoms with Crippen LogP contribution in [0.4, 0.5) is 0 Å². The van der Waals surface area contributed by atoms with Gasteiger partial charge in [-0.3, -0.25) is 19.4 Å². The summed E-state index contributed by atoms with van der Waals surface area (Å²) < 4.78 is 5.12. The van der Waals surface area contributed by atoms with E-state index in [1.54, 1.807) is 31.4 Å². The van der Waals surface area contributed by atoms with Gasteiger partial charge in [-0.15, -0.1) is 24.8 Å². The van der Waals surface area contributed by atoms with Crippen LogP contribution < -0.4 is 10.1 Å². The fourth-order valence-electron chi connectivity index (χ4n) is 3.23. The quantitative estimate of drug-likeness (QED) is 0.622.